The van der Waals surface area contributed by atoms with Gasteiger partial charge in [-0.3, -0.25) is 0 Å². The summed E-state index contributed by atoms with van der Waals surface area (Å²) in [6.45, 7) is 6.17. The van der Waals surface area contributed by atoms with Crippen molar-refractivity contribution in [1.29, 1.82) is 0 Å². The van der Waals surface area contributed by atoms with Crippen molar-refractivity contribution in [1.82, 2.24) is 0 Å². The van der Waals surface area contributed by atoms with Crippen LogP contribution in [-0.2, 0) is 12.0 Å². The monoisotopic (exact) mass is 272 g/mol. The molecule has 2 nitrogen and oxygen atoms in total. The van der Waals surface area contributed by atoms with Gasteiger partial charge in [-0.1, -0.05) is 55.8 Å². The number of aryl methyl sites for hydroxylation is 1. The van der Waals surface area contributed by atoms with Gasteiger partial charge < -0.3 is 10.2 Å². The van der Waals surface area contributed by atoms with Gasteiger partial charge in [0.1, 0.15) is 5.60 Å². The maximum atomic E-state index is 11.3. The maximum Gasteiger partial charge on any atom is 0.113 e. The Morgan fingerprint density at radius 2 is 2.00 bits per heavy atom. The molecule has 0 aromatic heterocycles. The normalized spacial score (nSPS) is 25.8. The van der Waals surface area contributed by atoms with E-state index in [0.29, 0.717) is 0 Å². The Labute approximate surface area is 121 Å². The molecule has 1 aliphatic rings. The molecule has 0 spiro atoms. The maximum absolute atomic E-state index is 11.3. The van der Waals surface area contributed by atoms with Gasteiger partial charge in [0, 0.05) is 5.41 Å². The number of benzene rings is 1. The van der Waals surface area contributed by atoms with Crippen LogP contribution in [0.1, 0.15) is 38.3 Å². The lowest BCUT2D eigenvalue weighted by atomic mass is 9.62. The van der Waals surface area contributed by atoms with Gasteiger partial charge in [0.25, 0.3) is 0 Å². The first-order chi connectivity index (χ1) is 9.40. The largest absolute Gasteiger partial charge is 0.392 e. The zero-order valence-electron chi connectivity index (χ0n) is 12.6. The summed E-state index contributed by atoms with van der Waals surface area (Å²) in [5.41, 5.74) is 2.01. The summed E-state index contributed by atoms with van der Waals surface area (Å²) in [5, 5.41) is 20.2. The molecule has 0 fully saturated rings. The zero-order valence-corrected chi connectivity index (χ0v) is 12.6. The van der Waals surface area contributed by atoms with E-state index in [0.717, 1.165) is 24.0 Å². The first-order valence-electron chi connectivity index (χ1n) is 7.18. The molecular weight excluding hydrogens is 248 g/mol. The predicted molar refractivity (Wildman–Crippen MR) is 82.4 cm³/mol. The highest BCUT2D eigenvalue weighted by atomic mass is 16.3. The van der Waals surface area contributed by atoms with E-state index in [9.17, 15) is 5.11 Å². The molecule has 0 aliphatic heterocycles. The molecule has 0 radical (unpaired) electrons. The number of allylic oxidation sites excluding steroid dienone is 2. The van der Waals surface area contributed by atoms with Crippen molar-refractivity contribution in [3.05, 3.63) is 59.2 Å². The van der Waals surface area contributed by atoms with E-state index in [4.69, 9.17) is 5.11 Å². The van der Waals surface area contributed by atoms with Crippen molar-refractivity contribution in [3.63, 3.8) is 0 Å². The summed E-state index contributed by atoms with van der Waals surface area (Å²) < 4.78 is 0. The second-order valence-electron chi connectivity index (χ2n) is 6.27. The van der Waals surface area contributed by atoms with Crippen LogP contribution < -0.4 is 0 Å². The van der Waals surface area contributed by atoms with Gasteiger partial charge in [0.15, 0.2) is 0 Å². The SMILES string of the molecule is CC(=C/CO)/C=C/C1(O)c2ccccc2CCC1(C)C. The van der Waals surface area contributed by atoms with Crippen LogP contribution in [0.5, 0.6) is 0 Å². The van der Waals surface area contributed by atoms with E-state index in [1.54, 1.807) is 6.08 Å². The van der Waals surface area contributed by atoms with Crippen LogP contribution in [0, 0.1) is 5.41 Å². The molecule has 0 heterocycles. The third-order valence-electron chi connectivity index (χ3n) is 4.48. The van der Waals surface area contributed by atoms with Gasteiger partial charge in [-0.25, -0.2) is 0 Å². The van der Waals surface area contributed by atoms with Gasteiger partial charge in [0.2, 0.25) is 0 Å². The standard InChI is InChI=1S/C18H24O2/c1-14(10-13-19)8-12-18(20)16-7-5-4-6-15(16)9-11-17(18,2)3/h4-8,10,12,19-20H,9,11,13H2,1-3H3/b12-8+,14-10-. The van der Waals surface area contributed by atoms with Crippen LogP contribution in [0.25, 0.3) is 0 Å². The predicted octanol–water partition coefficient (Wildman–Crippen LogP) is 3.34. The van der Waals surface area contributed by atoms with Crippen molar-refractivity contribution < 1.29 is 10.2 Å². The molecule has 108 valence electrons. The molecule has 2 N–H and O–H groups in total. The summed E-state index contributed by atoms with van der Waals surface area (Å²) in [4.78, 5) is 0. The fourth-order valence-electron chi connectivity index (χ4n) is 2.89. The van der Waals surface area contributed by atoms with E-state index in [2.05, 4.69) is 19.9 Å². The van der Waals surface area contributed by atoms with Crippen molar-refractivity contribution in [3.8, 4) is 0 Å². The van der Waals surface area contributed by atoms with Gasteiger partial charge in [0.05, 0.1) is 6.61 Å². The topological polar surface area (TPSA) is 40.5 Å². The Balaban J connectivity index is 2.47. The summed E-state index contributed by atoms with van der Waals surface area (Å²) in [5.74, 6) is 0. The molecule has 20 heavy (non-hydrogen) atoms. The van der Waals surface area contributed by atoms with Crippen molar-refractivity contribution in [2.45, 2.75) is 39.2 Å². The average Bonchev–Trinajstić information content (AvgIpc) is 2.42. The smallest absolute Gasteiger partial charge is 0.113 e. The minimum Gasteiger partial charge on any atom is -0.392 e. The van der Waals surface area contributed by atoms with Crippen LogP contribution in [-0.4, -0.2) is 16.8 Å². The summed E-state index contributed by atoms with van der Waals surface area (Å²) in [7, 11) is 0. The van der Waals surface area contributed by atoms with E-state index in [1.807, 2.05) is 37.3 Å². The molecule has 1 aliphatic carbocycles. The lowest BCUT2D eigenvalue weighted by Gasteiger charge is -2.46. The van der Waals surface area contributed by atoms with Crippen molar-refractivity contribution in [2.75, 3.05) is 6.61 Å². The molecule has 2 rings (SSSR count). The Kier molecular flexibility index (Phi) is 4.17. The van der Waals surface area contributed by atoms with Crippen molar-refractivity contribution >= 4 is 0 Å². The zero-order chi connectivity index (χ0) is 14.8. The number of aliphatic hydroxyl groups excluding tert-OH is 1. The highest BCUT2D eigenvalue weighted by Crippen LogP contribution is 2.49. The van der Waals surface area contributed by atoms with E-state index in [1.165, 1.54) is 5.56 Å². The number of hydrogen-bond donors (Lipinski definition) is 2. The summed E-state index contributed by atoms with van der Waals surface area (Å²) >= 11 is 0. The fraction of sp³-hybridized carbons (Fsp3) is 0.444. The summed E-state index contributed by atoms with van der Waals surface area (Å²) in [6.07, 6.45) is 7.48. The van der Waals surface area contributed by atoms with Gasteiger partial charge in [-0.15, -0.1) is 0 Å². The molecule has 0 saturated heterocycles. The molecule has 0 saturated carbocycles. The molecule has 2 heteroatoms. The second kappa shape index (κ2) is 5.55. The van der Waals surface area contributed by atoms with Crippen LogP contribution >= 0.6 is 0 Å². The molecule has 1 aromatic carbocycles. The molecule has 1 aromatic rings. The van der Waals surface area contributed by atoms with Crippen LogP contribution in [0.3, 0.4) is 0 Å². The Morgan fingerprint density at radius 1 is 1.30 bits per heavy atom. The molecule has 0 amide bonds. The fourth-order valence-corrected chi connectivity index (χ4v) is 2.89. The van der Waals surface area contributed by atoms with Crippen LogP contribution in [0.15, 0.2) is 48.1 Å². The second-order valence-corrected chi connectivity index (χ2v) is 6.27. The first-order valence-corrected chi connectivity index (χ1v) is 7.18. The highest BCUT2D eigenvalue weighted by Gasteiger charge is 2.46. The third kappa shape index (κ3) is 2.58. The quantitative estimate of drug-likeness (QED) is 0.829. The number of hydrogen-bond acceptors (Lipinski definition) is 2. The van der Waals surface area contributed by atoms with Gasteiger partial charge >= 0.3 is 0 Å². The van der Waals surface area contributed by atoms with E-state index < -0.39 is 5.60 Å². The highest BCUT2D eigenvalue weighted by molar-refractivity contribution is 5.41. The average molecular weight is 272 g/mol. The number of rotatable bonds is 3. The Morgan fingerprint density at radius 3 is 2.70 bits per heavy atom. The van der Waals surface area contributed by atoms with E-state index in [-0.39, 0.29) is 12.0 Å². The number of aliphatic hydroxyl groups is 2. The molecular formula is C18H24O2. The third-order valence-corrected chi connectivity index (χ3v) is 4.48. The Hall–Kier alpha value is -1.38. The van der Waals surface area contributed by atoms with Crippen LogP contribution in [0.2, 0.25) is 0 Å². The number of fused-ring (bicyclic) bond motifs is 1. The van der Waals surface area contributed by atoms with Crippen LogP contribution in [0.4, 0.5) is 0 Å². The minimum atomic E-state index is -0.966. The minimum absolute atomic E-state index is 0.0224. The molecule has 1 atom stereocenters. The first kappa shape index (κ1) is 15.0. The Bertz CT molecular complexity index is 540. The van der Waals surface area contributed by atoms with Gasteiger partial charge in [-0.2, -0.15) is 0 Å². The van der Waals surface area contributed by atoms with Gasteiger partial charge in [-0.05, 0) is 37.0 Å². The van der Waals surface area contributed by atoms with E-state index >= 15 is 0 Å². The molecule has 0 bridgehead atoms. The van der Waals surface area contributed by atoms with Crippen molar-refractivity contribution in [2.24, 2.45) is 5.41 Å². The summed E-state index contributed by atoms with van der Waals surface area (Å²) in [6, 6.07) is 8.12. The molecule has 1 unspecified atom stereocenters. The lowest BCUT2D eigenvalue weighted by Crippen LogP contribution is -2.44. The lowest BCUT2D eigenvalue weighted by molar-refractivity contribution is -0.0427.